The molecule has 9 rings (SSSR count). The van der Waals surface area contributed by atoms with Crippen LogP contribution in [-0.2, 0) is 32.0 Å². The molecule has 0 saturated carbocycles. The number of quaternary nitrogens is 2. The Morgan fingerprint density at radius 3 is 1.78 bits per heavy atom. The summed E-state index contributed by atoms with van der Waals surface area (Å²) in [5.41, 5.74) is 0.594. The van der Waals surface area contributed by atoms with Crippen LogP contribution in [-0.4, -0.2) is 67.4 Å². The lowest BCUT2D eigenvalue weighted by molar-refractivity contribution is -0.268. The molecule has 274 valence electrons. The summed E-state index contributed by atoms with van der Waals surface area (Å²) in [5.74, 6) is -4.00. The molecule has 6 aliphatic heterocycles. The number of aromatic nitrogens is 2. The maximum Gasteiger partial charge on any atom is 0.447 e. The maximum atomic E-state index is 16.1. The average molecular weight is 739 g/mol. The Morgan fingerprint density at radius 2 is 1.25 bits per heavy atom. The van der Waals surface area contributed by atoms with Gasteiger partial charge in [0.1, 0.15) is 12.2 Å². The van der Waals surface area contributed by atoms with Crippen LogP contribution in [0.4, 0.5) is 21.6 Å². The molecule has 1 aromatic heterocycles. The monoisotopic (exact) mass is 738 g/mol. The van der Waals surface area contributed by atoms with E-state index in [0.717, 1.165) is 5.56 Å². The lowest BCUT2D eigenvalue weighted by Crippen LogP contribution is -2.70. The van der Waals surface area contributed by atoms with E-state index >= 15 is 4.79 Å². The first-order valence-corrected chi connectivity index (χ1v) is 17.6. The first-order chi connectivity index (χ1) is 26.5. The van der Waals surface area contributed by atoms with Gasteiger partial charge in [0, 0.05) is 73.8 Å². The highest BCUT2D eigenvalue weighted by atomic mass is 16.4. The van der Waals surface area contributed by atoms with E-state index in [9.17, 15) is 34.2 Å². The third-order valence-electron chi connectivity index (χ3n) is 11.5. The van der Waals surface area contributed by atoms with Gasteiger partial charge in [-0.05, 0) is 34.2 Å². The summed E-state index contributed by atoms with van der Waals surface area (Å²) in [6.45, 7) is 0. The summed E-state index contributed by atoms with van der Waals surface area (Å²) in [6, 6.07) is 15.8. The first-order valence-electron chi connectivity index (χ1n) is 17.6. The number of fused-ring (bicyclic) bond motifs is 4. The lowest BCUT2D eigenvalue weighted by atomic mass is 9.74. The van der Waals surface area contributed by atoms with E-state index in [-0.39, 0.29) is 44.1 Å². The number of carbonyl (C=O) groups is 6. The van der Waals surface area contributed by atoms with Crippen LogP contribution >= 0.6 is 0 Å². The summed E-state index contributed by atoms with van der Waals surface area (Å²) in [4.78, 5) is 83.3. The molecule has 55 heavy (non-hydrogen) atoms. The van der Waals surface area contributed by atoms with Crippen molar-refractivity contribution in [3.63, 3.8) is 0 Å². The second kappa shape index (κ2) is 12.1. The Bertz CT molecular complexity index is 2400. The quantitative estimate of drug-likeness (QED) is 0.308. The first kappa shape index (κ1) is 34.0. The number of carbonyl (C=O) groups excluding carboxylic acids is 6. The smallest absolute Gasteiger partial charge is 0.447 e. The van der Waals surface area contributed by atoms with Gasteiger partial charge >= 0.3 is 23.8 Å². The van der Waals surface area contributed by atoms with Crippen LogP contribution in [0, 0.1) is 5.92 Å². The summed E-state index contributed by atoms with van der Waals surface area (Å²) in [6.07, 6.45) is 8.85. The van der Waals surface area contributed by atoms with Gasteiger partial charge in [0.25, 0.3) is 0 Å². The Hall–Kier alpha value is -6.84. The number of likely N-dealkylation sites (tertiary alicyclic amines) is 2. The highest BCUT2D eigenvalue weighted by molar-refractivity contribution is 6.10. The molecule has 2 aromatic carbocycles. The number of amides is 6. The molecule has 2 fully saturated rings. The topological polar surface area (TPSA) is 194 Å². The molecule has 6 amide bonds. The molecule has 3 atom stereocenters. The number of benzene rings is 2. The van der Waals surface area contributed by atoms with Crippen molar-refractivity contribution in [3.05, 3.63) is 143 Å². The highest BCUT2D eigenvalue weighted by Crippen LogP contribution is 2.53. The summed E-state index contributed by atoms with van der Waals surface area (Å²) < 4.78 is 4.71. The van der Waals surface area contributed by atoms with Crippen molar-refractivity contribution in [1.29, 1.82) is 0 Å². The second-order valence-corrected chi connectivity index (χ2v) is 14.1. The van der Waals surface area contributed by atoms with Crippen LogP contribution in [0.15, 0.2) is 136 Å². The molecular weight excluding hydrogens is 708 g/mol. The zero-order valence-corrected chi connectivity index (χ0v) is 28.9. The van der Waals surface area contributed by atoms with Crippen molar-refractivity contribution in [2.75, 3.05) is 0 Å². The van der Waals surface area contributed by atoms with E-state index in [2.05, 4.69) is 10.2 Å². The Labute approximate surface area is 312 Å². The molecule has 2 saturated heterocycles. The van der Waals surface area contributed by atoms with Gasteiger partial charge in [-0.2, -0.15) is 0 Å². The van der Waals surface area contributed by atoms with Crippen LogP contribution < -0.4 is 19.2 Å². The van der Waals surface area contributed by atoms with Gasteiger partial charge in [0.05, 0.1) is 0 Å². The van der Waals surface area contributed by atoms with Gasteiger partial charge in [0.15, 0.2) is 34.4 Å². The molecule has 4 bridgehead atoms. The predicted molar refractivity (Wildman–Crippen MR) is 187 cm³/mol. The number of hydrogen-bond donors (Lipinski definition) is 0. The summed E-state index contributed by atoms with van der Waals surface area (Å²) in [5, 5.41) is 34.0. The van der Waals surface area contributed by atoms with Gasteiger partial charge in [-0.1, -0.05) is 60.7 Å². The number of rotatable bonds is 8. The fourth-order valence-electron chi connectivity index (χ4n) is 9.11. The summed E-state index contributed by atoms with van der Waals surface area (Å²) >= 11 is 0. The zero-order valence-electron chi connectivity index (χ0n) is 28.9. The van der Waals surface area contributed by atoms with E-state index in [1.54, 1.807) is 78.9 Å². The third kappa shape index (κ3) is 4.50. The molecule has 3 aromatic rings. The Balaban J connectivity index is 1.22. The minimum Gasteiger partial charge on any atom is -0.530 e. The molecule has 6 aliphatic rings. The second-order valence-electron chi connectivity index (χ2n) is 14.1. The third-order valence-corrected chi connectivity index (χ3v) is 11.5. The molecular formula is C40H30N6O9. The highest BCUT2D eigenvalue weighted by Gasteiger charge is 2.71. The normalized spacial score (nSPS) is 25.0. The van der Waals surface area contributed by atoms with Crippen molar-refractivity contribution in [2.24, 2.45) is 5.92 Å². The van der Waals surface area contributed by atoms with Gasteiger partial charge in [-0.3, -0.25) is 19.4 Å². The van der Waals surface area contributed by atoms with Gasteiger partial charge in [-0.15, -0.1) is 8.97 Å². The molecule has 15 nitrogen and oxygen atoms in total. The van der Waals surface area contributed by atoms with Gasteiger partial charge < -0.3 is 24.2 Å². The lowest BCUT2D eigenvalue weighted by Gasteiger charge is -2.43. The van der Waals surface area contributed by atoms with E-state index in [1.807, 2.05) is 30.3 Å². The molecule has 0 N–H and O–H groups in total. The number of nitrogens with zero attached hydrogens (tertiary/aromatic N) is 6. The molecule has 1 unspecified atom stereocenters. The van der Waals surface area contributed by atoms with E-state index < -0.39 is 62.3 Å². The van der Waals surface area contributed by atoms with E-state index in [1.165, 1.54) is 0 Å². The Morgan fingerprint density at radius 1 is 0.727 bits per heavy atom. The van der Waals surface area contributed by atoms with Gasteiger partial charge in [-0.25, -0.2) is 9.59 Å². The zero-order chi connectivity index (χ0) is 38.3. The molecule has 15 heteroatoms. The predicted octanol–water partition coefficient (Wildman–Crippen LogP) is 2.19. The number of carboxylic acid groups (broad SMARTS) is 2. The van der Waals surface area contributed by atoms with Crippen LogP contribution in [0.2, 0.25) is 0 Å². The molecule has 0 radical (unpaired) electrons. The minimum atomic E-state index is -2.07. The number of hydrogen-bond acceptors (Lipinski definition) is 11. The molecule has 0 spiro atoms. The van der Waals surface area contributed by atoms with Crippen LogP contribution in [0.5, 0.6) is 0 Å². The summed E-state index contributed by atoms with van der Waals surface area (Å²) in [7, 11) is 0. The van der Waals surface area contributed by atoms with E-state index in [4.69, 9.17) is 4.42 Å². The van der Waals surface area contributed by atoms with Crippen molar-refractivity contribution in [1.82, 2.24) is 29.0 Å². The van der Waals surface area contributed by atoms with Crippen molar-refractivity contribution in [3.8, 4) is 0 Å². The fraction of sp³-hybridized carbons (Fsp3) is 0.200. The van der Waals surface area contributed by atoms with Gasteiger partial charge in [0.2, 0.25) is 11.8 Å². The molecule has 7 heterocycles. The largest absolute Gasteiger partial charge is 0.530 e. The van der Waals surface area contributed by atoms with Crippen LogP contribution in [0.3, 0.4) is 0 Å². The SMILES string of the molecule is O=C([O-])N1C(=O)CC[C@H]1C(=O)[N+]1(c2nnc([N+]3(C(=O)[C@]4(Cc5ccccc5)C(Cc5ccccc5)CC(=O)N4C(=O)[O-])C4=CC=C3C=C4)o2)C2=CC=C1C=C2. The van der Waals surface area contributed by atoms with Crippen molar-refractivity contribution < 1.29 is 43.4 Å². The number of imide groups is 2. The number of allylic oxidation sites excluding steroid dienone is 8. The van der Waals surface area contributed by atoms with Crippen LogP contribution in [0.25, 0.3) is 0 Å². The Kier molecular flexibility index (Phi) is 7.47. The average Bonchev–Trinajstić information content (AvgIpc) is 4.06. The minimum absolute atomic E-state index is 0.104. The van der Waals surface area contributed by atoms with E-state index in [0.29, 0.717) is 38.2 Å². The van der Waals surface area contributed by atoms with Crippen molar-refractivity contribution >= 4 is 47.8 Å². The molecule has 0 aliphatic carbocycles. The fourth-order valence-corrected chi connectivity index (χ4v) is 9.11. The maximum absolute atomic E-state index is 16.1. The van der Waals surface area contributed by atoms with Crippen LogP contribution in [0.1, 0.15) is 30.4 Å². The standard InChI is InChI=1S/C40H30N6O9/c47-32-20-19-31(43(32)38(51)52)34(49)45(27-11-12-28(45)14-13-27)36-41-42-37(55-36)46(29-15-16-30(46)18-17-29)35(50)40(23-25-9-5-2-6-10-25)26(21-24-7-3-1-4-8-24)22-33(48)44(40)39(53)54/h1-18,26,31H,19-23H2/t26?,31-,40-/m0/s1. The van der Waals surface area contributed by atoms with Crippen molar-refractivity contribution in [2.45, 2.75) is 43.7 Å².